The molecule has 0 atom stereocenters. The predicted molar refractivity (Wildman–Crippen MR) is 101 cm³/mol. The van der Waals surface area contributed by atoms with Crippen molar-refractivity contribution in [2.45, 2.75) is 31.1 Å². The zero-order valence-electron chi connectivity index (χ0n) is 14.5. The van der Waals surface area contributed by atoms with Gasteiger partial charge in [-0.2, -0.15) is 11.8 Å². The van der Waals surface area contributed by atoms with Crippen molar-refractivity contribution < 1.29 is 4.74 Å². The SMILES string of the molecule is CN=C(NCCSC)NCC1(c2cccc(OC)c2)CCCC1. The maximum absolute atomic E-state index is 5.41. The number of nitrogens with one attached hydrogen (secondary N) is 2. The van der Waals surface area contributed by atoms with Crippen LogP contribution in [0.15, 0.2) is 29.3 Å². The lowest BCUT2D eigenvalue weighted by Gasteiger charge is -2.31. The smallest absolute Gasteiger partial charge is 0.191 e. The van der Waals surface area contributed by atoms with Gasteiger partial charge >= 0.3 is 0 Å². The van der Waals surface area contributed by atoms with Crippen LogP contribution in [0.5, 0.6) is 5.75 Å². The third-order valence-corrected chi connectivity index (χ3v) is 5.27. The number of ether oxygens (including phenoxy) is 1. The summed E-state index contributed by atoms with van der Waals surface area (Å²) < 4.78 is 5.41. The molecule has 0 spiro atoms. The van der Waals surface area contributed by atoms with Gasteiger partial charge in [-0.3, -0.25) is 4.99 Å². The minimum atomic E-state index is 0.186. The molecule has 1 aliphatic rings. The lowest BCUT2D eigenvalue weighted by molar-refractivity contribution is 0.404. The monoisotopic (exact) mass is 335 g/mol. The van der Waals surface area contributed by atoms with Crippen molar-refractivity contribution in [3.63, 3.8) is 0 Å². The van der Waals surface area contributed by atoms with Gasteiger partial charge in [0.2, 0.25) is 0 Å². The molecular weight excluding hydrogens is 306 g/mol. The second-order valence-electron chi connectivity index (χ2n) is 6.06. The standard InChI is InChI=1S/C18H29N3OS/c1-19-17(20-11-12-23-3)21-14-18(9-4-5-10-18)15-7-6-8-16(13-15)22-2/h6-8,13H,4-5,9-12,14H2,1-3H3,(H2,19,20,21). The summed E-state index contributed by atoms with van der Waals surface area (Å²) in [6.45, 7) is 1.85. The first-order valence-electron chi connectivity index (χ1n) is 8.32. The largest absolute Gasteiger partial charge is 0.497 e. The number of thioether (sulfide) groups is 1. The highest BCUT2D eigenvalue weighted by atomic mass is 32.2. The van der Waals surface area contributed by atoms with Crippen LogP contribution in [0.3, 0.4) is 0 Å². The zero-order chi connectivity index (χ0) is 16.5. The minimum absolute atomic E-state index is 0.186. The van der Waals surface area contributed by atoms with Crippen molar-refractivity contribution in [2.24, 2.45) is 4.99 Å². The molecule has 128 valence electrons. The molecule has 2 rings (SSSR count). The van der Waals surface area contributed by atoms with Crippen molar-refractivity contribution in [3.8, 4) is 5.75 Å². The highest BCUT2D eigenvalue weighted by molar-refractivity contribution is 7.98. The van der Waals surface area contributed by atoms with Gasteiger partial charge in [-0.25, -0.2) is 0 Å². The molecule has 23 heavy (non-hydrogen) atoms. The Labute approximate surface area is 144 Å². The fraction of sp³-hybridized carbons (Fsp3) is 0.611. The molecule has 0 unspecified atom stereocenters. The first-order chi connectivity index (χ1) is 11.2. The van der Waals surface area contributed by atoms with Crippen LogP contribution < -0.4 is 15.4 Å². The second kappa shape index (κ2) is 9.06. The van der Waals surface area contributed by atoms with Crippen molar-refractivity contribution in [3.05, 3.63) is 29.8 Å². The third kappa shape index (κ3) is 4.80. The van der Waals surface area contributed by atoms with Gasteiger partial charge in [-0.05, 0) is 36.8 Å². The van der Waals surface area contributed by atoms with Crippen LogP contribution in [-0.2, 0) is 5.41 Å². The molecule has 1 fully saturated rings. The van der Waals surface area contributed by atoms with Crippen LogP contribution in [0, 0.1) is 0 Å². The normalized spacial score (nSPS) is 17.1. The van der Waals surface area contributed by atoms with E-state index in [-0.39, 0.29) is 5.41 Å². The Morgan fingerprint density at radius 1 is 1.30 bits per heavy atom. The molecule has 1 saturated carbocycles. The van der Waals surface area contributed by atoms with E-state index in [1.165, 1.54) is 31.2 Å². The summed E-state index contributed by atoms with van der Waals surface area (Å²) in [6.07, 6.45) is 7.13. The number of benzene rings is 1. The number of nitrogens with zero attached hydrogens (tertiary/aromatic N) is 1. The zero-order valence-corrected chi connectivity index (χ0v) is 15.3. The Kier molecular flexibility index (Phi) is 7.09. The molecule has 0 amide bonds. The molecule has 1 aromatic rings. The number of aliphatic imine (C=N–C) groups is 1. The lowest BCUT2D eigenvalue weighted by atomic mass is 9.78. The number of guanidine groups is 1. The molecule has 0 bridgehead atoms. The fourth-order valence-corrected chi connectivity index (χ4v) is 3.62. The molecule has 0 aliphatic heterocycles. The topological polar surface area (TPSA) is 45.7 Å². The quantitative estimate of drug-likeness (QED) is 0.457. The van der Waals surface area contributed by atoms with E-state index in [0.717, 1.165) is 30.6 Å². The van der Waals surface area contributed by atoms with Crippen molar-refractivity contribution >= 4 is 17.7 Å². The molecule has 5 heteroatoms. The first-order valence-corrected chi connectivity index (χ1v) is 9.71. The first kappa shape index (κ1) is 18.0. The van der Waals surface area contributed by atoms with E-state index in [4.69, 9.17) is 4.74 Å². The van der Waals surface area contributed by atoms with Gasteiger partial charge in [0.1, 0.15) is 5.75 Å². The third-order valence-electron chi connectivity index (χ3n) is 4.66. The average Bonchev–Trinajstić information content (AvgIpc) is 3.08. The number of rotatable bonds is 7. The number of hydrogen-bond donors (Lipinski definition) is 2. The molecule has 0 aromatic heterocycles. The van der Waals surface area contributed by atoms with E-state index >= 15 is 0 Å². The van der Waals surface area contributed by atoms with Crippen LogP contribution in [0.25, 0.3) is 0 Å². The van der Waals surface area contributed by atoms with Crippen molar-refractivity contribution in [2.75, 3.05) is 39.3 Å². The maximum atomic E-state index is 5.41. The van der Waals surface area contributed by atoms with E-state index in [1.54, 1.807) is 7.11 Å². The van der Waals surface area contributed by atoms with E-state index in [2.05, 4.69) is 40.1 Å². The highest BCUT2D eigenvalue weighted by Gasteiger charge is 2.35. The van der Waals surface area contributed by atoms with Gasteiger partial charge in [-0.15, -0.1) is 0 Å². The number of hydrogen-bond acceptors (Lipinski definition) is 3. The average molecular weight is 336 g/mol. The van der Waals surface area contributed by atoms with Gasteiger partial charge in [0, 0.05) is 31.3 Å². The Hall–Kier alpha value is -1.36. The van der Waals surface area contributed by atoms with E-state index in [1.807, 2.05) is 24.9 Å². The van der Waals surface area contributed by atoms with Crippen LogP contribution in [0.2, 0.25) is 0 Å². The summed E-state index contributed by atoms with van der Waals surface area (Å²) >= 11 is 1.84. The lowest BCUT2D eigenvalue weighted by Crippen LogP contribution is -2.45. The van der Waals surface area contributed by atoms with Crippen LogP contribution >= 0.6 is 11.8 Å². The van der Waals surface area contributed by atoms with Gasteiger partial charge in [0.15, 0.2) is 5.96 Å². The second-order valence-corrected chi connectivity index (χ2v) is 7.05. The molecule has 2 N–H and O–H groups in total. The predicted octanol–water partition coefficient (Wildman–Crippen LogP) is 3.04. The van der Waals surface area contributed by atoms with Gasteiger partial charge < -0.3 is 15.4 Å². The van der Waals surface area contributed by atoms with E-state index in [9.17, 15) is 0 Å². The van der Waals surface area contributed by atoms with Gasteiger partial charge in [-0.1, -0.05) is 25.0 Å². The summed E-state index contributed by atoms with van der Waals surface area (Å²) in [5, 5.41) is 6.91. The summed E-state index contributed by atoms with van der Waals surface area (Å²) in [5.41, 5.74) is 1.56. The Morgan fingerprint density at radius 2 is 2.09 bits per heavy atom. The van der Waals surface area contributed by atoms with Crippen molar-refractivity contribution in [1.29, 1.82) is 0 Å². The van der Waals surface area contributed by atoms with Gasteiger partial charge in [0.05, 0.1) is 7.11 Å². The van der Waals surface area contributed by atoms with Crippen molar-refractivity contribution in [1.82, 2.24) is 10.6 Å². The van der Waals surface area contributed by atoms with Crippen LogP contribution in [0.4, 0.5) is 0 Å². The van der Waals surface area contributed by atoms with Crippen LogP contribution in [0.1, 0.15) is 31.2 Å². The summed E-state index contributed by atoms with van der Waals surface area (Å²) in [6, 6.07) is 8.54. The highest BCUT2D eigenvalue weighted by Crippen LogP contribution is 2.41. The minimum Gasteiger partial charge on any atom is -0.497 e. The molecule has 0 heterocycles. The summed E-state index contributed by atoms with van der Waals surface area (Å²) in [5.74, 6) is 2.92. The molecule has 0 saturated heterocycles. The maximum Gasteiger partial charge on any atom is 0.191 e. The molecule has 4 nitrogen and oxygen atoms in total. The Morgan fingerprint density at radius 3 is 2.74 bits per heavy atom. The Bertz CT molecular complexity index is 513. The Balaban J connectivity index is 2.05. The fourth-order valence-electron chi connectivity index (χ4n) is 3.32. The van der Waals surface area contributed by atoms with Crippen LogP contribution in [-0.4, -0.2) is 45.2 Å². The summed E-state index contributed by atoms with van der Waals surface area (Å²) in [4.78, 5) is 4.34. The molecule has 0 radical (unpaired) electrons. The van der Waals surface area contributed by atoms with E-state index < -0.39 is 0 Å². The molecule has 1 aromatic carbocycles. The van der Waals surface area contributed by atoms with Gasteiger partial charge in [0.25, 0.3) is 0 Å². The molecule has 1 aliphatic carbocycles. The molecular formula is C18H29N3OS. The van der Waals surface area contributed by atoms with E-state index in [0.29, 0.717) is 0 Å². The number of methoxy groups -OCH3 is 1. The summed E-state index contributed by atoms with van der Waals surface area (Å²) in [7, 11) is 3.57.